The molecule has 1 amide bonds. The van der Waals surface area contributed by atoms with Crippen LogP contribution in [0, 0.1) is 12.8 Å². The van der Waals surface area contributed by atoms with Gasteiger partial charge in [-0.25, -0.2) is 4.68 Å². The molecule has 1 aromatic heterocycles. The number of rotatable bonds is 4. The van der Waals surface area contributed by atoms with Crippen LogP contribution in [0.5, 0.6) is 0 Å². The van der Waals surface area contributed by atoms with Gasteiger partial charge in [0, 0.05) is 13.1 Å². The van der Waals surface area contributed by atoms with Crippen molar-refractivity contribution < 1.29 is 14.3 Å². The predicted molar refractivity (Wildman–Crippen MR) is 93.6 cm³/mol. The maximum absolute atomic E-state index is 12.9. The van der Waals surface area contributed by atoms with Crippen LogP contribution in [0.25, 0.3) is 5.69 Å². The lowest BCUT2D eigenvalue weighted by Gasteiger charge is -2.31. The second-order valence-corrected chi connectivity index (χ2v) is 6.23. The number of para-hydroxylation sites is 1. The molecule has 0 saturated carbocycles. The van der Waals surface area contributed by atoms with Gasteiger partial charge in [-0.15, -0.1) is 0 Å². The number of likely N-dealkylation sites (tertiary alicyclic amines) is 1. The molecular weight excluding hydrogens is 318 g/mol. The van der Waals surface area contributed by atoms with E-state index in [9.17, 15) is 9.59 Å². The number of piperidine rings is 1. The van der Waals surface area contributed by atoms with Crippen molar-refractivity contribution in [1.82, 2.24) is 14.7 Å². The summed E-state index contributed by atoms with van der Waals surface area (Å²) in [5, 5.41) is 4.36. The van der Waals surface area contributed by atoms with Gasteiger partial charge in [0.2, 0.25) is 0 Å². The minimum absolute atomic E-state index is 0.0753. The number of aromatic nitrogens is 2. The van der Waals surface area contributed by atoms with Crippen molar-refractivity contribution in [2.24, 2.45) is 5.92 Å². The average Bonchev–Trinajstić information content (AvgIpc) is 3.03. The fourth-order valence-electron chi connectivity index (χ4n) is 3.23. The smallest absolute Gasteiger partial charge is 0.310 e. The third-order valence-electron chi connectivity index (χ3n) is 4.57. The first-order valence-electron chi connectivity index (χ1n) is 8.67. The van der Waals surface area contributed by atoms with Gasteiger partial charge in [-0.05, 0) is 38.8 Å². The van der Waals surface area contributed by atoms with Gasteiger partial charge in [0.1, 0.15) is 0 Å². The Hall–Kier alpha value is -2.63. The molecule has 0 N–H and O–H groups in total. The summed E-state index contributed by atoms with van der Waals surface area (Å²) in [6.07, 6.45) is 3.19. The zero-order valence-corrected chi connectivity index (χ0v) is 14.6. The Morgan fingerprint density at radius 1 is 1.28 bits per heavy atom. The van der Waals surface area contributed by atoms with E-state index in [-0.39, 0.29) is 17.8 Å². The number of benzene rings is 1. The number of ether oxygens (including phenoxy) is 1. The van der Waals surface area contributed by atoms with Crippen LogP contribution in [0.15, 0.2) is 36.5 Å². The zero-order chi connectivity index (χ0) is 17.8. The van der Waals surface area contributed by atoms with Gasteiger partial charge in [0.05, 0.1) is 35.7 Å². The van der Waals surface area contributed by atoms with E-state index >= 15 is 0 Å². The SMILES string of the molecule is CCOC(=O)[C@H]1CCCN(C(=O)c2cnn(-c3ccccc3)c2C)C1. The molecule has 6 nitrogen and oxygen atoms in total. The number of esters is 1. The zero-order valence-electron chi connectivity index (χ0n) is 14.6. The van der Waals surface area contributed by atoms with Gasteiger partial charge < -0.3 is 9.64 Å². The molecule has 2 aromatic rings. The van der Waals surface area contributed by atoms with Crippen LogP contribution in [0.3, 0.4) is 0 Å². The summed E-state index contributed by atoms with van der Waals surface area (Å²) in [5.41, 5.74) is 2.30. The maximum Gasteiger partial charge on any atom is 0.310 e. The van der Waals surface area contributed by atoms with E-state index in [0.717, 1.165) is 24.2 Å². The molecule has 1 saturated heterocycles. The molecule has 25 heavy (non-hydrogen) atoms. The molecule has 0 spiro atoms. The molecule has 0 aliphatic carbocycles. The number of carbonyl (C=O) groups is 2. The summed E-state index contributed by atoms with van der Waals surface area (Å²) in [6.45, 7) is 5.12. The molecule has 3 rings (SSSR count). The van der Waals surface area contributed by atoms with Crippen LogP contribution in [-0.2, 0) is 9.53 Å². The van der Waals surface area contributed by atoms with E-state index in [4.69, 9.17) is 4.74 Å². The topological polar surface area (TPSA) is 64.4 Å². The molecule has 6 heteroatoms. The van der Waals surface area contributed by atoms with Crippen LogP contribution in [0.2, 0.25) is 0 Å². The van der Waals surface area contributed by atoms with Crippen molar-refractivity contribution in [1.29, 1.82) is 0 Å². The molecular formula is C19H23N3O3. The number of nitrogens with zero attached hydrogens (tertiary/aromatic N) is 3. The number of carbonyl (C=O) groups excluding carboxylic acids is 2. The van der Waals surface area contributed by atoms with Crippen molar-refractivity contribution >= 4 is 11.9 Å². The molecule has 132 valence electrons. The maximum atomic E-state index is 12.9. The minimum Gasteiger partial charge on any atom is -0.466 e. The van der Waals surface area contributed by atoms with Gasteiger partial charge in [0.15, 0.2) is 0 Å². The Morgan fingerprint density at radius 3 is 2.76 bits per heavy atom. The quantitative estimate of drug-likeness (QED) is 0.802. The lowest BCUT2D eigenvalue weighted by molar-refractivity contribution is -0.149. The van der Waals surface area contributed by atoms with Gasteiger partial charge in [-0.1, -0.05) is 18.2 Å². The van der Waals surface area contributed by atoms with E-state index in [0.29, 0.717) is 25.3 Å². The molecule has 1 aliphatic heterocycles. The molecule has 1 aliphatic rings. The summed E-state index contributed by atoms with van der Waals surface area (Å²) in [5.74, 6) is -0.521. The monoisotopic (exact) mass is 341 g/mol. The third-order valence-corrected chi connectivity index (χ3v) is 4.57. The summed E-state index contributed by atoms with van der Waals surface area (Å²) in [7, 11) is 0. The van der Waals surface area contributed by atoms with E-state index < -0.39 is 0 Å². The third kappa shape index (κ3) is 3.57. The van der Waals surface area contributed by atoms with Crippen LogP contribution < -0.4 is 0 Å². The Morgan fingerprint density at radius 2 is 2.04 bits per heavy atom. The Kier molecular flexibility index (Phi) is 5.16. The van der Waals surface area contributed by atoms with E-state index in [1.165, 1.54) is 0 Å². The second-order valence-electron chi connectivity index (χ2n) is 6.23. The summed E-state index contributed by atoms with van der Waals surface area (Å²) >= 11 is 0. The normalized spacial score (nSPS) is 17.4. The summed E-state index contributed by atoms with van der Waals surface area (Å²) < 4.78 is 6.87. The second kappa shape index (κ2) is 7.51. The first-order valence-corrected chi connectivity index (χ1v) is 8.67. The van der Waals surface area contributed by atoms with Crippen LogP contribution in [0.4, 0.5) is 0 Å². The Labute approximate surface area is 147 Å². The molecule has 0 unspecified atom stereocenters. The molecule has 2 heterocycles. The average molecular weight is 341 g/mol. The number of hydrogen-bond acceptors (Lipinski definition) is 4. The van der Waals surface area contributed by atoms with Gasteiger partial charge in [-0.2, -0.15) is 5.10 Å². The van der Waals surface area contributed by atoms with Crippen molar-refractivity contribution in [2.75, 3.05) is 19.7 Å². The molecule has 0 radical (unpaired) electrons. The first kappa shape index (κ1) is 17.2. The predicted octanol–water partition coefficient (Wildman–Crippen LogP) is 2.60. The minimum atomic E-state index is -0.234. The molecule has 1 fully saturated rings. The fourth-order valence-corrected chi connectivity index (χ4v) is 3.23. The lowest BCUT2D eigenvalue weighted by atomic mass is 9.97. The molecule has 0 bridgehead atoms. The Balaban J connectivity index is 1.77. The van der Waals surface area contributed by atoms with E-state index in [1.54, 1.807) is 22.7 Å². The summed E-state index contributed by atoms with van der Waals surface area (Å²) in [6, 6.07) is 9.72. The number of amides is 1. The van der Waals surface area contributed by atoms with Crippen molar-refractivity contribution in [3.63, 3.8) is 0 Å². The van der Waals surface area contributed by atoms with Crippen molar-refractivity contribution in [2.45, 2.75) is 26.7 Å². The summed E-state index contributed by atoms with van der Waals surface area (Å²) in [4.78, 5) is 26.6. The van der Waals surface area contributed by atoms with Crippen LogP contribution >= 0.6 is 0 Å². The highest BCUT2D eigenvalue weighted by atomic mass is 16.5. The van der Waals surface area contributed by atoms with Crippen LogP contribution in [0.1, 0.15) is 35.8 Å². The molecule has 1 aromatic carbocycles. The Bertz CT molecular complexity index is 755. The van der Waals surface area contributed by atoms with Gasteiger partial charge in [-0.3, -0.25) is 9.59 Å². The fraction of sp³-hybridized carbons (Fsp3) is 0.421. The van der Waals surface area contributed by atoms with Gasteiger partial charge in [0.25, 0.3) is 5.91 Å². The van der Waals surface area contributed by atoms with Crippen molar-refractivity contribution in [3.05, 3.63) is 47.8 Å². The highest BCUT2D eigenvalue weighted by molar-refractivity contribution is 5.95. The number of hydrogen-bond donors (Lipinski definition) is 0. The first-order chi connectivity index (χ1) is 12.1. The van der Waals surface area contributed by atoms with Crippen LogP contribution in [-0.4, -0.2) is 46.3 Å². The standard InChI is InChI=1S/C19H23N3O3/c1-3-25-19(24)15-8-7-11-21(13-15)18(23)17-12-20-22(14(17)2)16-9-5-4-6-10-16/h4-6,9-10,12,15H,3,7-8,11,13H2,1-2H3/t15-/m0/s1. The molecule has 1 atom stereocenters. The van der Waals surface area contributed by atoms with Crippen molar-refractivity contribution in [3.8, 4) is 5.69 Å². The van der Waals surface area contributed by atoms with E-state index in [1.807, 2.05) is 37.3 Å². The van der Waals surface area contributed by atoms with E-state index in [2.05, 4.69) is 5.10 Å². The highest BCUT2D eigenvalue weighted by Crippen LogP contribution is 2.22. The largest absolute Gasteiger partial charge is 0.466 e. The highest BCUT2D eigenvalue weighted by Gasteiger charge is 2.31. The lowest BCUT2D eigenvalue weighted by Crippen LogP contribution is -2.43. The van der Waals surface area contributed by atoms with Gasteiger partial charge >= 0.3 is 5.97 Å².